The molecule has 0 aliphatic carbocycles. The summed E-state index contributed by atoms with van der Waals surface area (Å²) in [6.07, 6.45) is 1.21. The number of carbonyl (C=O) groups is 1. The Morgan fingerprint density at radius 3 is 2.53 bits per heavy atom. The zero-order valence-electron chi connectivity index (χ0n) is 10.2. The van der Waals surface area contributed by atoms with E-state index in [9.17, 15) is 13.2 Å². The smallest absolute Gasteiger partial charge is 0.244 e. The maximum atomic E-state index is 11.9. The Balaban J connectivity index is 2.89. The van der Waals surface area contributed by atoms with Crippen molar-refractivity contribution in [3.05, 3.63) is 11.9 Å². The first-order valence-electron chi connectivity index (χ1n) is 4.99. The summed E-state index contributed by atoms with van der Waals surface area (Å²) in [6, 6.07) is -0.815. The number of hydrogen-bond acceptors (Lipinski definition) is 4. The molecular weight excluding hydrogens is 244 g/mol. The summed E-state index contributed by atoms with van der Waals surface area (Å²) in [7, 11) is -0.585. The zero-order valence-corrected chi connectivity index (χ0v) is 11.0. The summed E-state index contributed by atoms with van der Waals surface area (Å²) in [5, 5.41) is 6.17. The number of aromatic amines is 1. The van der Waals surface area contributed by atoms with Crippen molar-refractivity contribution in [1.29, 1.82) is 0 Å². The van der Waals surface area contributed by atoms with Gasteiger partial charge < -0.3 is 4.90 Å². The van der Waals surface area contributed by atoms with Gasteiger partial charge in [0, 0.05) is 14.1 Å². The minimum atomic E-state index is -3.72. The molecule has 2 N–H and O–H groups in total. The second-order valence-electron chi connectivity index (χ2n) is 3.93. The van der Waals surface area contributed by atoms with Crippen LogP contribution >= 0.6 is 0 Å². The Morgan fingerprint density at radius 2 is 2.12 bits per heavy atom. The number of nitrogens with zero attached hydrogens (tertiary/aromatic N) is 2. The Labute approximate surface area is 100 Å². The van der Waals surface area contributed by atoms with Crippen LogP contribution in [-0.2, 0) is 14.8 Å². The number of H-pyrrole nitrogens is 1. The molecule has 1 aromatic heterocycles. The fourth-order valence-corrected chi connectivity index (χ4v) is 2.68. The molecule has 1 rings (SSSR count). The Morgan fingerprint density at radius 1 is 1.53 bits per heavy atom. The summed E-state index contributed by atoms with van der Waals surface area (Å²) < 4.78 is 26.1. The standard InChI is InChI=1S/C9H16N4O3S/c1-6-8(5-10-11-6)17(15,16)12-7(2)9(14)13(3)4/h5,7,12H,1-4H3,(H,10,11). The zero-order chi connectivity index (χ0) is 13.2. The lowest BCUT2D eigenvalue weighted by Gasteiger charge is -2.17. The number of rotatable bonds is 4. The van der Waals surface area contributed by atoms with Gasteiger partial charge in [0.2, 0.25) is 15.9 Å². The largest absolute Gasteiger partial charge is 0.347 e. The van der Waals surface area contributed by atoms with Crippen molar-refractivity contribution in [2.24, 2.45) is 0 Å². The maximum absolute atomic E-state index is 11.9. The molecule has 7 nitrogen and oxygen atoms in total. The van der Waals surface area contributed by atoms with Gasteiger partial charge in [-0.05, 0) is 13.8 Å². The molecule has 0 radical (unpaired) electrons. The van der Waals surface area contributed by atoms with E-state index in [0.29, 0.717) is 5.69 Å². The van der Waals surface area contributed by atoms with Crippen LogP contribution in [0.5, 0.6) is 0 Å². The van der Waals surface area contributed by atoms with Crippen molar-refractivity contribution in [2.45, 2.75) is 24.8 Å². The SMILES string of the molecule is Cc1[nH]ncc1S(=O)(=O)NC(C)C(=O)N(C)C. The van der Waals surface area contributed by atoms with Gasteiger partial charge in [0.1, 0.15) is 4.90 Å². The molecule has 1 heterocycles. The van der Waals surface area contributed by atoms with Crippen molar-refractivity contribution in [3.63, 3.8) is 0 Å². The molecule has 0 aromatic carbocycles. The summed E-state index contributed by atoms with van der Waals surface area (Å²) in [6.45, 7) is 3.09. The normalized spacial score (nSPS) is 13.4. The van der Waals surface area contributed by atoms with Gasteiger partial charge in [-0.3, -0.25) is 9.89 Å². The molecule has 0 spiro atoms. The van der Waals surface area contributed by atoms with E-state index in [1.165, 1.54) is 18.0 Å². The average Bonchev–Trinajstić information content (AvgIpc) is 2.63. The maximum Gasteiger partial charge on any atom is 0.244 e. The second-order valence-corrected chi connectivity index (χ2v) is 5.62. The lowest BCUT2D eigenvalue weighted by molar-refractivity contribution is -0.130. The van der Waals surface area contributed by atoms with Gasteiger partial charge in [-0.25, -0.2) is 8.42 Å². The molecular formula is C9H16N4O3S. The van der Waals surface area contributed by atoms with E-state index in [-0.39, 0.29) is 10.8 Å². The van der Waals surface area contributed by atoms with E-state index in [1.807, 2.05) is 0 Å². The fraction of sp³-hybridized carbons (Fsp3) is 0.556. The minimum Gasteiger partial charge on any atom is -0.347 e. The molecule has 8 heteroatoms. The molecule has 0 aliphatic heterocycles. The van der Waals surface area contributed by atoms with Crippen LogP contribution in [0.15, 0.2) is 11.1 Å². The monoisotopic (exact) mass is 260 g/mol. The lowest BCUT2D eigenvalue weighted by atomic mass is 10.3. The van der Waals surface area contributed by atoms with Gasteiger partial charge in [0.05, 0.1) is 17.9 Å². The highest BCUT2D eigenvalue weighted by atomic mass is 32.2. The predicted molar refractivity (Wildman–Crippen MR) is 61.8 cm³/mol. The van der Waals surface area contributed by atoms with Gasteiger partial charge in [0.25, 0.3) is 0 Å². The summed E-state index contributed by atoms with van der Waals surface area (Å²) in [4.78, 5) is 12.9. The number of hydrogen-bond donors (Lipinski definition) is 2. The molecule has 1 aromatic rings. The number of aryl methyl sites for hydroxylation is 1. The summed E-state index contributed by atoms with van der Waals surface area (Å²) in [5.74, 6) is -0.310. The van der Waals surface area contributed by atoms with Crippen LogP contribution in [0.3, 0.4) is 0 Å². The number of carbonyl (C=O) groups excluding carboxylic acids is 1. The molecule has 0 saturated heterocycles. The molecule has 0 aliphatic rings. The van der Waals surface area contributed by atoms with E-state index in [0.717, 1.165) is 0 Å². The van der Waals surface area contributed by atoms with Crippen molar-refractivity contribution in [3.8, 4) is 0 Å². The highest BCUT2D eigenvalue weighted by molar-refractivity contribution is 7.89. The number of aromatic nitrogens is 2. The van der Waals surface area contributed by atoms with E-state index < -0.39 is 16.1 Å². The third-order valence-corrected chi connectivity index (χ3v) is 3.87. The van der Waals surface area contributed by atoms with Crippen LogP contribution in [-0.4, -0.2) is 49.6 Å². The Hall–Kier alpha value is -1.41. The number of nitrogens with one attached hydrogen (secondary N) is 2. The first-order valence-corrected chi connectivity index (χ1v) is 6.47. The van der Waals surface area contributed by atoms with E-state index in [4.69, 9.17) is 0 Å². The first kappa shape index (κ1) is 13.7. The Bertz CT molecular complexity index is 506. The molecule has 17 heavy (non-hydrogen) atoms. The predicted octanol–water partition coefficient (Wildman–Crippen LogP) is -0.527. The number of sulfonamides is 1. The van der Waals surface area contributed by atoms with Crippen LogP contribution < -0.4 is 4.72 Å². The van der Waals surface area contributed by atoms with Crippen LogP contribution in [0, 0.1) is 6.92 Å². The van der Waals surface area contributed by atoms with Crippen LogP contribution in [0.2, 0.25) is 0 Å². The van der Waals surface area contributed by atoms with E-state index >= 15 is 0 Å². The average molecular weight is 260 g/mol. The van der Waals surface area contributed by atoms with Crippen LogP contribution in [0.4, 0.5) is 0 Å². The molecule has 1 unspecified atom stereocenters. The molecule has 0 bridgehead atoms. The van der Waals surface area contributed by atoms with Crippen LogP contribution in [0.1, 0.15) is 12.6 Å². The second kappa shape index (κ2) is 4.84. The van der Waals surface area contributed by atoms with Gasteiger partial charge in [-0.1, -0.05) is 0 Å². The van der Waals surface area contributed by atoms with Crippen molar-refractivity contribution in [1.82, 2.24) is 19.8 Å². The quantitative estimate of drug-likeness (QED) is 0.761. The van der Waals surface area contributed by atoms with Gasteiger partial charge >= 0.3 is 0 Å². The lowest BCUT2D eigenvalue weighted by Crippen LogP contribution is -2.44. The van der Waals surface area contributed by atoms with Crippen molar-refractivity contribution < 1.29 is 13.2 Å². The third-order valence-electron chi connectivity index (χ3n) is 2.22. The van der Waals surface area contributed by atoms with Gasteiger partial charge in [-0.15, -0.1) is 0 Å². The molecule has 1 amide bonds. The summed E-state index contributed by atoms with van der Waals surface area (Å²) >= 11 is 0. The third kappa shape index (κ3) is 3.04. The topological polar surface area (TPSA) is 95.2 Å². The van der Waals surface area contributed by atoms with Crippen LogP contribution in [0.25, 0.3) is 0 Å². The molecule has 0 fully saturated rings. The van der Waals surface area contributed by atoms with Gasteiger partial charge in [0.15, 0.2) is 0 Å². The minimum absolute atomic E-state index is 0.0518. The summed E-state index contributed by atoms with van der Waals surface area (Å²) in [5.41, 5.74) is 0.432. The molecule has 0 saturated carbocycles. The fourth-order valence-electron chi connectivity index (χ4n) is 1.34. The van der Waals surface area contributed by atoms with Gasteiger partial charge in [-0.2, -0.15) is 9.82 Å². The van der Waals surface area contributed by atoms with E-state index in [2.05, 4.69) is 14.9 Å². The van der Waals surface area contributed by atoms with E-state index in [1.54, 1.807) is 21.0 Å². The molecule has 96 valence electrons. The molecule has 1 atom stereocenters. The van der Waals surface area contributed by atoms with Crippen molar-refractivity contribution >= 4 is 15.9 Å². The van der Waals surface area contributed by atoms with Crippen molar-refractivity contribution in [2.75, 3.05) is 14.1 Å². The highest BCUT2D eigenvalue weighted by Gasteiger charge is 2.25. The first-order chi connectivity index (χ1) is 7.75. The number of likely N-dealkylation sites (N-methyl/N-ethyl adjacent to an activating group) is 1. The number of amides is 1. The highest BCUT2D eigenvalue weighted by Crippen LogP contribution is 2.11. The Kier molecular flexibility index (Phi) is 3.89.